The molecule has 0 aromatic heterocycles. The SMILES string of the molecule is CCC1CCN(S(=O)(=O)c2ccccc2O)CC1. The highest BCUT2D eigenvalue weighted by Crippen LogP contribution is 2.29. The Morgan fingerprint density at radius 1 is 1.28 bits per heavy atom. The maximum absolute atomic E-state index is 12.4. The van der Waals surface area contributed by atoms with E-state index in [2.05, 4.69) is 6.92 Å². The van der Waals surface area contributed by atoms with Crippen LogP contribution in [0.1, 0.15) is 26.2 Å². The second-order valence-electron chi connectivity index (χ2n) is 4.72. The van der Waals surface area contributed by atoms with E-state index >= 15 is 0 Å². The fraction of sp³-hybridized carbons (Fsp3) is 0.538. The van der Waals surface area contributed by atoms with Crippen molar-refractivity contribution in [1.82, 2.24) is 4.31 Å². The molecule has 4 nitrogen and oxygen atoms in total. The zero-order chi connectivity index (χ0) is 13.2. The maximum atomic E-state index is 12.4. The molecule has 0 radical (unpaired) electrons. The lowest BCUT2D eigenvalue weighted by atomic mass is 9.96. The fourth-order valence-corrected chi connectivity index (χ4v) is 3.92. The lowest BCUT2D eigenvalue weighted by Crippen LogP contribution is -2.38. The number of aromatic hydroxyl groups is 1. The van der Waals surface area contributed by atoms with Gasteiger partial charge in [0.2, 0.25) is 10.0 Å². The second-order valence-corrected chi connectivity index (χ2v) is 6.63. The number of piperidine rings is 1. The van der Waals surface area contributed by atoms with Crippen LogP contribution in [0.5, 0.6) is 5.75 Å². The zero-order valence-electron chi connectivity index (χ0n) is 10.5. The molecule has 0 atom stereocenters. The van der Waals surface area contributed by atoms with Gasteiger partial charge < -0.3 is 5.11 Å². The van der Waals surface area contributed by atoms with Gasteiger partial charge >= 0.3 is 0 Å². The topological polar surface area (TPSA) is 57.6 Å². The van der Waals surface area contributed by atoms with E-state index in [-0.39, 0.29) is 10.6 Å². The van der Waals surface area contributed by atoms with Crippen LogP contribution in [0.25, 0.3) is 0 Å². The zero-order valence-corrected chi connectivity index (χ0v) is 11.4. The molecule has 1 fully saturated rings. The van der Waals surface area contributed by atoms with E-state index in [0.29, 0.717) is 19.0 Å². The lowest BCUT2D eigenvalue weighted by Gasteiger charge is -2.30. The quantitative estimate of drug-likeness (QED) is 0.915. The molecule has 1 aliphatic heterocycles. The van der Waals surface area contributed by atoms with Gasteiger partial charge in [0.15, 0.2) is 0 Å². The Hall–Kier alpha value is -1.07. The Morgan fingerprint density at radius 2 is 1.89 bits per heavy atom. The number of phenols is 1. The van der Waals surface area contributed by atoms with E-state index in [9.17, 15) is 13.5 Å². The highest BCUT2D eigenvalue weighted by Gasteiger charge is 2.30. The van der Waals surface area contributed by atoms with Crippen molar-refractivity contribution >= 4 is 10.0 Å². The van der Waals surface area contributed by atoms with Gasteiger partial charge in [-0.05, 0) is 30.9 Å². The average molecular weight is 269 g/mol. The minimum atomic E-state index is -3.54. The van der Waals surface area contributed by atoms with Crippen LogP contribution in [0, 0.1) is 5.92 Å². The van der Waals surface area contributed by atoms with Crippen LogP contribution in [0.3, 0.4) is 0 Å². The van der Waals surface area contributed by atoms with Gasteiger partial charge in [0.05, 0.1) is 0 Å². The number of phenolic OH excluding ortho intramolecular Hbond substituents is 1. The van der Waals surface area contributed by atoms with E-state index < -0.39 is 10.0 Å². The first-order valence-corrected chi connectivity index (χ1v) is 7.78. The van der Waals surface area contributed by atoms with Crippen LogP contribution in [0.2, 0.25) is 0 Å². The van der Waals surface area contributed by atoms with Crippen molar-refractivity contribution in [2.45, 2.75) is 31.1 Å². The Morgan fingerprint density at radius 3 is 2.44 bits per heavy atom. The van der Waals surface area contributed by atoms with E-state index in [4.69, 9.17) is 0 Å². The Labute approximate surface area is 108 Å². The van der Waals surface area contributed by atoms with Crippen molar-refractivity contribution in [2.24, 2.45) is 5.92 Å². The number of nitrogens with zero attached hydrogens (tertiary/aromatic N) is 1. The molecule has 1 heterocycles. The van der Waals surface area contributed by atoms with E-state index in [1.807, 2.05) is 0 Å². The van der Waals surface area contributed by atoms with E-state index in [0.717, 1.165) is 19.3 Å². The van der Waals surface area contributed by atoms with E-state index in [1.165, 1.54) is 16.4 Å². The molecule has 0 saturated carbocycles. The molecule has 18 heavy (non-hydrogen) atoms. The molecule has 2 rings (SSSR count). The summed E-state index contributed by atoms with van der Waals surface area (Å²) >= 11 is 0. The van der Waals surface area contributed by atoms with Gasteiger partial charge in [0, 0.05) is 13.1 Å². The van der Waals surface area contributed by atoms with Crippen molar-refractivity contribution in [3.63, 3.8) is 0 Å². The Balaban J connectivity index is 2.20. The van der Waals surface area contributed by atoms with Gasteiger partial charge in [0.1, 0.15) is 10.6 Å². The normalized spacial score (nSPS) is 18.9. The van der Waals surface area contributed by atoms with Crippen molar-refractivity contribution in [3.05, 3.63) is 24.3 Å². The molecule has 0 aliphatic carbocycles. The number of para-hydroxylation sites is 1. The highest BCUT2D eigenvalue weighted by molar-refractivity contribution is 7.89. The van der Waals surface area contributed by atoms with Gasteiger partial charge in [-0.2, -0.15) is 4.31 Å². The van der Waals surface area contributed by atoms with Crippen LogP contribution in [0.15, 0.2) is 29.2 Å². The van der Waals surface area contributed by atoms with Crippen LogP contribution in [-0.2, 0) is 10.0 Å². The summed E-state index contributed by atoms with van der Waals surface area (Å²) in [5, 5.41) is 9.67. The Kier molecular flexibility index (Phi) is 3.92. The summed E-state index contributed by atoms with van der Waals surface area (Å²) in [6.45, 7) is 3.24. The molecule has 5 heteroatoms. The summed E-state index contributed by atoms with van der Waals surface area (Å²) in [4.78, 5) is 0.0138. The molecule has 1 aliphatic rings. The lowest BCUT2D eigenvalue weighted by molar-refractivity contribution is 0.268. The van der Waals surface area contributed by atoms with Crippen LogP contribution in [-0.4, -0.2) is 30.9 Å². The predicted octanol–water partition coefficient (Wildman–Crippen LogP) is 2.20. The molecule has 1 aromatic rings. The standard InChI is InChI=1S/C13H19NO3S/c1-2-11-7-9-14(10-8-11)18(16,17)13-6-4-3-5-12(13)15/h3-6,11,15H,2,7-10H2,1H3. The van der Waals surface area contributed by atoms with Crippen LogP contribution < -0.4 is 0 Å². The van der Waals surface area contributed by atoms with Gasteiger partial charge in [0.25, 0.3) is 0 Å². The Bertz CT molecular complexity index is 505. The molecule has 0 unspecified atom stereocenters. The summed E-state index contributed by atoms with van der Waals surface area (Å²) < 4.78 is 26.2. The smallest absolute Gasteiger partial charge is 0.246 e. The summed E-state index contributed by atoms with van der Waals surface area (Å²) in [6.07, 6.45) is 2.91. The van der Waals surface area contributed by atoms with E-state index in [1.54, 1.807) is 12.1 Å². The maximum Gasteiger partial charge on any atom is 0.246 e. The summed E-state index contributed by atoms with van der Waals surface area (Å²) in [5.74, 6) is 0.455. The molecular formula is C13H19NO3S. The van der Waals surface area contributed by atoms with Crippen LogP contribution in [0.4, 0.5) is 0 Å². The molecule has 1 saturated heterocycles. The molecule has 100 valence electrons. The van der Waals surface area contributed by atoms with Gasteiger partial charge in [-0.25, -0.2) is 8.42 Å². The van der Waals surface area contributed by atoms with Crippen molar-refractivity contribution < 1.29 is 13.5 Å². The minimum Gasteiger partial charge on any atom is -0.507 e. The van der Waals surface area contributed by atoms with Gasteiger partial charge in [-0.3, -0.25) is 0 Å². The first kappa shape index (κ1) is 13.4. The first-order valence-electron chi connectivity index (χ1n) is 6.34. The van der Waals surface area contributed by atoms with Gasteiger partial charge in [-0.15, -0.1) is 0 Å². The monoisotopic (exact) mass is 269 g/mol. The minimum absolute atomic E-state index is 0.0138. The third-order valence-corrected chi connectivity index (χ3v) is 5.58. The van der Waals surface area contributed by atoms with Gasteiger partial charge in [-0.1, -0.05) is 25.5 Å². The third kappa shape index (κ3) is 2.52. The number of rotatable bonds is 3. The van der Waals surface area contributed by atoms with Crippen molar-refractivity contribution in [2.75, 3.05) is 13.1 Å². The molecule has 0 bridgehead atoms. The summed E-state index contributed by atoms with van der Waals surface area (Å²) in [6, 6.07) is 6.12. The van der Waals surface area contributed by atoms with Crippen molar-refractivity contribution in [3.8, 4) is 5.75 Å². The molecule has 1 N–H and O–H groups in total. The molecular weight excluding hydrogens is 250 g/mol. The molecule has 0 amide bonds. The highest BCUT2D eigenvalue weighted by atomic mass is 32.2. The number of sulfonamides is 1. The predicted molar refractivity (Wildman–Crippen MR) is 69.9 cm³/mol. The third-order valence-electron chi connectivity index (χ3n) is 3.63. The summed E-state index contributed by atoms with van der Waals surface area (Å²) in [5.41, 5.74) is 0. The van der Waals surface area contributed by atoms with Crippen LogP contribution >= 0.6 is 0 Å². The van der Waals surface area contributed by atoms with Crippen molar-refractivity contribution in [1.29, 1.82) is 0 Å². The number of hydrogen-bond donors (Lipinski definition) is 1. The average Bonchev–Trinajstić information content (AvgIpc) is 2.39. The molecule has 1 aromatic carbocycles. The number of hydrogen-bond acceptors (Lipinski definition) is 3. The first-order chi connectivity index (χ1) is 8.55. The summed E-state index contributed by atoms with van der Waals surface area (Å²) in [7, 11) is -3.54. The largest absolute Gasteiger partial charge is 0.507 e. The molecule has 0 spiro atoms. The number of benzene rings is 1. The second kappa shape index (κ2) is 5.28. The fourth-order valence-electron chi connectivity index (χ4n) is 2.37.